The van der Waals surface area contributed by atoms with Crippen molar-refractivity contribution in [3.05, 3.63) is 23.2 Å². The quantitative estimate of drug-likeness (QED) is 0.763. The van der Waals surface area contributed by atoms with E-state index in [1.807, 2.05) is 6.07 Å². The van der Waals surface area contributed by atoms with E-state index >= 15 is 0 Å². The number of rotatable bonds is 2. The van der Waals surface area contributed by atoms with E-state index in [9.17, 15) is 0 Å². The molecular formula is C11H14ClNO. The highest BCUT2D eigenvalue weighted by Crippen LogP contribution is 2.28. The molecule has 14 heavy (non-hydrogen) atoms. The molecule has 1 aliphatic rings. The SMILES string of the molecule is Nc1ccc(OC2CCCC2)cc1Cl. The second kappa shape index (κ2) is 4.09. The number of hydrogen-bond acceptors (Lipinski definition) is 2. The Morgan fingerprint density at radius 3 is 2.64 bits per heavy atom. The van der Waals surface area contributed by atoms with E-state index in [0.29, 0.717) is 16.8 Å². The van der Waals surface area contributed by atoms with Gasteiger partial charge >= 0.3 is 0 Å². The van der Waals surface area contributed by atoms with Crippen LogP contribution in [-0.2, 0) is 0 Å². The first-order valence-corrected chi connectivity index (χ1v) is 5.35. The van der Waals surface area contributed by atoms with Crippen LogP contribution in [0.5, 0.6) is 5.75 Å². The Balaban J connectivity index is 2.05. The smallest absolute Gasteiger partial charge is 0.121 e. The summed E-state index contributed by atoms with van der Waals surface area (Å²) in [5.41, 5.74) is 6.21. The molecule has 0 unspecified atom stereocenters. The summed E-state index contributed by atoms with van der Waals surface area (Å²) in [6.07, 6.45) is 5.22. The second-order valence-electron chi connectivity index (χ2n) is 3.71. The molecule has 76 valence electrons. The first-order chi connectivity index (χ1) is 6.75. The monoisotopic (exact) mass is 211 g/mol. The van der Waals surface area contributed by atoms with Crippen molar-refractivity contribution in [2.75, 3.05) is 5.73 Å². The average Bonchev–Trinajstić information content (AvgIpc) is 2.64. The number of nitrogens with two attached hydrogens (primary N) is 1. The highest BCUT2D eigenvalue weighted by molar-refractivity contribution is 6.33. The van der Waals surface area contributed by atoms with E-state index < -0.39 is 0 Å². The Hall–Kier alpha value is -0.890. The van der Waals surface area contributed by atoms with Crippen LogP contribution in [0.1, 0.15) is 25.7 Å². The number of nitrogen functional groups attached to an aromatic ring is 1. The first kappa shape index (κ1) is 9.66. The van der Waals surface area contributed by atoms with Gasteiger partial charge in [-0.15, -0.1) is 0 Å². The lowest BCUT2D eigenvalue weighted by atomic mass is 10.3. The van der Waals surface area contributed by atoms with Crippen molar-refractivity contribution in [3.8, 4) is 5.75 Å². The number of benzene rings is 1. The molecule has 0 bridgehead atoms. The molecule has 2 nitrogen and oxygen atoms in total. The number of halogens is 1. The standard InChI is InChI=1S/C11H14ClNO/c12-10-7-9(5-6-11(10)13)14-8-3-1-2-4-8/h5-8H,1-4,13H2. The fourth-order valence-corrected chi connectivity index (χ4v) is 1.95. The molecule has 0 aromatic heterocycles. The van der Waals surface area contributed by atoms with Crippen molar-refractivity contribution in [1.82, 2.24) is 0 Å². The molecular weight excluding hydrogens is 198 g/mol. The Morgan fingerprint density at radius 2 is 2.00 bits per heavy atom. The van der Waals surface area contributed by atoms with E-state index in [1.54, 1.807) is 12.1 Å². The van der Waals surface area contributed by atoms with Crippen LogP contribution in [-0.4, -0.2) is 6.10 Å². The van der Waals surface area contributed by atoms with E-state index in [-0.39, 0.29) is 0 Å². The molecule has 0 heterocycles. The van der Waals surface area contributed by atoms with E-state index in [4.69, 9.17) is 22.1 Å². The van der Waals surface area contributed by atoms with Gasteiger partial charge in [0.05, 0.1) is 16.8 Å². The van der Waals surface area contributed by atoms with Crippen LogP contribution in [0.2, 0.25) is 5.02 Å². The average molecular weight is 212 g/mol. The largest absolute Gasteiger partial charge is 0.490 e. The van der Waals surface area contributed by atoms with Gasteiger partial charge in [-0.25, -0.2) is 0 Å². The first-order valence-electron chi connectivity index (χ1n) is 4.97. The zero-order chi connectivity index (χ0) is 9.97. The summed E-state index contributed by atoms with van der Waals surface area (Å²) in [5.74, 6) is 0.830. The van der Waals surface area contributed by atoms with Gasteiger partial charge in [0, 0.05) is 6.07 Å². The van der Waals surface area contributed by atoms with Crippen molar-refractivity contribution in [1.29, 1.82) is 0 Å². The molecule has 0 atom stereocenters. The molecule has 1 aromatic carbocycles. The molecule has 1 fully saturated rings. The van der Waals surface area contributed by atoms with Crippen molar-refractivity contribution in [2.24, 2.45) is 0 Å². The van der Waals surface area contributed by atoms with Gasteiger partial charge in [0.2, 0.25) is 0 Å². The molecule has 1 aliphatic carbocycles. The normalized spacial score (nSPS) is 17.2. The maximum Gasteiger partial charge on any atom is 0.121 e. The molecule has 2 rings (SSSR count). The molecule has 0 saturated heterocycles. The van der Waals surface area contributed by atoms with Crippen LogP contribution >= 0.6 is 11.6 Å². The molecule has 0 aliphatic heterocycles. The fourth-order valence-electron chi connectivity index (χ4n) is 1.78. The Bertz CT molecular complexity index is 321. The lowest BCUT2D eigenvalue weighted by Crippen LogP contribution is -2.10. The molecule has 1 aromatic rings. The second-order valence-corrected chi connectivity index (χ2v) is 4.11. The van der Waals surface area contributed by atoms with Crippen LogP contribution in [0.15, 0.2) is 18.2 Å². The minimum atomic E-state index is 0.370. The van der Waals surface area contributed by atoms with Gasteiger partial charge < -0.3 is 10.5 Å². The van der Waals surface area contributed by atoms with Gasteiger partial charge in [-0.05, 0) is 37.8 Å². The molecule has 3 heteroatoms. The van der Waals surface area contributed by atoms with E-state index in [0.717, 1.165) is 18.6 Å². The maximum atomic E-state index is 5.89. The number of hydrogen-bond donors (Lipinski definition) is 1. The predicted molar refractivity (Wildman–Crippen MR) is 58.7 cm³/mol. The summed E-state index contributed by atoms with van der Waals surface area (Å²) >= 11 is 5.89. The van der Waals surface area contributed by atoms with Gasteiger partial charge in [-0.1, -0.05) is 11.6 Å². The van der Waals surface area contributed by atoms with Crippen LogP contribution in [0.25, 0.3) is 0 Å². The lowest BCUT2D eigenvalue weighted by molar-refractivity contribution is 0.210. The highest BCUT2D eigenvalue weighted by Gasteiger charge is 2.16. The van der Waals surface area contributed by atoms with Gasteiger partial charge in [0.25, 0.3) is 0 Å². The van der Waals surface area contributed by atoms with Crippen molar-refractivity contribution in [3.63, 3.8) is 0 Å². The third kappa shape index (κ3) is 2.13. The Kier molecular flexibility index (Phi) is 2.82. The van der Waals surface area contributed by atoms with Gasteiger partial charge in [-0.2, -0.15) is 0 Å². The molecule has 0 radical (unpaired) electrons. The molecule has 0 amide bonds. The van der Waals surface area contributed by atoms with E-state index in [1.165, 1.54) is 12.8 Å². The topological polar surface area (TPSA) is 35.2 Å². The minimum absolute atomic E-state index is 0.370. The van der Waals surface area contributed by atoms with Crippen molar-refractivity contribution in [2.45, 2.75) is 31.8 Å². The zero-order valence-electron chi connectivity index (χ0n) is 8.00. The predicted octanol–water partition coefficient (Wildman–Crippen LogP) is 3.24. The third-order valence-corrected chi connectivity index (χ3v) is 2.90. The van der Waals surface area contributed by atoms with Gasteiger partial charge in [0.1, 0.15) is 5.75 Å². The molecule has 2 N–H and O–H groups in total. The summed E-state index contributed by atoms with van der Waals surface area (Å²) in [6.45, 7) is 0. The summed E-state index contributed by atoms with van der Waals surface area (Å²) in [6, 6.07) is 5.45. The Morgan fingerprint density at radius 1 is 1.29 bits per heavy atom. The lowest BCUT2D eigenvalue weighted by Gasteiger charge is -2.13. The zero-order valence-corrected chi connectivity index (χ0v) is 8.76. The maximum absolute atomic E-state index is 5.89. The fraction of sp³-hybridized carbons (Fsp3) is 0.455. The molecule has 1 saturated carbocycles. The summed E-state index contributed by atoms with van der Waals surface area (Å²) in [5, 5.41) is 0.570. The van der Waals surface area contributed by atoms with Crippen LogP contribution in [0.4, 0.5) is 5.69 Å². The van der Waals surface area contributed by atoms with Gasteiger partial charge in [0.15, 0.2) is 0 Å². The van der Waals surface area contributed by atoms with Gasteiger partial charge in [-0.3, -0.25) is 0 Å². The summed E-state index contributed by atoms with van der Waals surface area (Å²) < 4.78 is 5.77. The minimum Gasteiger partial charge on any atom is -0.490 e. The Labute approximate surface area is 89.0 Å². The summed E-state index contributed by atoms with van der Waals surface area (Å²) in [4.78, 5) is 0. The van der Waals surface area contributed by atoms with Crippen LogP contribution < -0.4 is 10.5 Å². The van der Waals surface area contributed by atoms with Crippen molar-refractivity contribution >= 4 is 17.3 Å². The highest BCUT2D eigenvalue weighted by atomic mass is 35.5. The third-order valence-electron chi connectivity index (χ3n) is 2.58. The van der Waals surface area contributed by atoms with Crippen LogP contribution in [0, 0.1) is 0 Å². The molecule has 0 spiro atoms. The van der Waals surface area contributed by atoms with E-state index in [2.05, 4.69) is 0 Å². The number of ether oxygens (including phenoxy) is 1. The van der Waals surface area contributed by atoms with Crippen molar-refractivity contribution < 1.29 is 4.74 Å². The number of anilines is 1. The summed E-state index contributed by atoms with van der Waals surface area (Å²) in [7, 11) is 0. The van der Waals surface area contributed by atoms with Crippen LogP contribution in [0.3, 0.4) is 0 Å².